The Morgan fingerprint density at radius 3 is 1.75 bits per heavy atom. The van der Waals surface area contributed by atoms with E-state index in [4.69, 9.17) is 11.0 Å². The van der Waals surface area contributed by atoms with Crippen LogP contribution in [0.3, 0.4) is 0 Å². The molecule has 6 aromatic rings. The Balaban J connectivity index is 0.000000143. The average molecular weight is 865 g/mol. The molecule has 2 aliphatic heterocycles. The van der Waals surface area contributed by atoms with E-state index in [9.17, 15) is 28.6 Å². The molecule has 0 saturated heterocycles. The highest BCUT2D eigenvalue weighted by Gasteiger charge is 2.25. The number of hydrogen-bond acceptors (Lipinski definition) is 13. The molecule has 2 aromatic carbocycles. The highest BCUT2D eigenvalue weighted by molar-refractivity contribution is 7.84. The molecule has 2 saturated carbocycles. The van der Waals surface area contributed by atoms with E-state index >= 15 is 0 Å². The number of carbonyl (C=O) groups excluding carboxylic acids is 2. The first-order valence-electron chi connectivity index (χ1n) is 20.9. The van der Waals surface area contributed by atoms with Gasteiger partial charge in [-0.3, -0.25) is 32.5 Å². The Bertz CT molecular complexity index is 3030. The van der Waals surface area contributed by atoms with Gasteiger partial charge in [-0.2, -0.15) is 15.5 Å². The minimum atomic E-state index is -1.31. The van der Waals surface area contributed by atoms with Gasteiger partial charge in [-0.25, -0.2) is 15.0 Å². The summed E-state index contributed by atoms with van der Waals surface area (Å²) in [4.78, 5) is 65.4. The van der Waals surface area contributed by atoms with Gasteiger partial charge in [0, 0.05) is 77.1 Å². The van der Waals surface area contributed by atoms with Crippen LogP contribution < -0.4 is 32.8 Å². The molecule has 63 heavy (non-hydrogen) atoms. The van der Waals surface area contributed by atoms with Crippen molar-refractivity contribution in [3.63, 3.8) is 0 Å². The number of nitrogens with zero attached hydrogens (tertiary/aromatic N) is 8. The molecule has 2 fully saturated rings. The number of benzene rings is 2. The van der Waals surface area contributed by atoms with Crippen LogP contribution in [0.5, 0.6) is 0 Å². The van der Waals surface area contributed by atoms with E-state index in [1.165, 1.54) is 24.1 Å². The number of nitrogens with one attached hydrogen (secondary N) is 3. The van der Waals surface area contributed by atoms with Gasteiger partial charge >= 0.3 is 0 Å². The standard InChI is InChI=1S/C22H20N6O2.C14H14N4O2S.C9H10N2O/c23-11-14-9-15-12-24-22(27-20(15)28(21(14)30)17-3-1-2-4-17)25-16-7-5-13-6-8-19(29)26-18(13)10-16;1-21(20)14-16-8-10-6-9(7-15)13(19)18(12(10)17-14)11-4-2-3-5-11;10-7-3-1-6-2-4-9(12)11-8(6)5-7/h5,7,9-10,12,17H,1-4,6,8H2,(H,26,29)(H,24,25,27);6,8,11H,2-5H2,1H3;1,3,5H,2,4,10H2,(H,11,12). The lowest BCUT2D eigenvalue weighted by Crippen LogP contribution is -2.27. The number of fused-ring (bicyclic) bond motifs is 4. The fourth-order valence-corrected chi connectivity index (χ4v) is 8.97. The van der Waals surface area contributed by atoms with Gasteiger partial charge in [0.15, 0.2) is 0 Å². The highest BCUT2D eigenvalue weighted by Crippen LogP contribution is 2.33. The number of nitriles is 2. The molecular formula is C45H44N12O5S. The molecular weight excluding hydrogens is 821 g/mol. The van der Waals surface area contributed by atoms with Gasteiger partial charge in [0.2, 0.25) is 22.9 Å². The van der Waals surface area contributed by atoms with E-state index in [-0.39, 0.29) is 51.3 Å². The van der Waals surface area contributed by atoms with Crippen LogP contribution in [0.25, 0.3) is 22.1 Å². The van der Waals surface area contributed by atoms with Gasteiger partial charge in [-0.15, -0.1) is 0 Å². The number of hydrogen-bond donors (Lipinski definition) is 4. The first-order valence-corrected chi connectivity index (χ1v) is 22.4. The van der Waals surface area contributed by atoms with Crippen molar-refractivity contribution in [3.05, 3.63) is 104 Å². The smallest absolute Gasteiger partial charge is 0.270 e. The molecule has 0 spiro atoms. The summed E-state index contributed by atoms with van der Waals surface area (Å²) < 4.78 is 14.8. The summed E-state index contributed by atoms with van der Waals surface area (Å²) in [6.07, 6.45) is 15.2. The zero-order chi connectivity index (χ0) is 44.2. The van der Waals surface area contributed by atoms with E-state index < -0.39 is 10.8 Å². The van der Waals surface area contributed by atoms with Crippen LogP contribution in [0.4, 0.5) is 28.7 Å². The van der Waals surface area contributed by atoms with Crippen LogP contribution in [0, 0.1) is 22.7 Å². The first-order chi connectivity index (χ1) is 30.5. The molecule has 320 valence electrons. The zero-order valence-electron chi connectivity index (χ0n) is 34.5. The van der Waals surface area contributed by atoms with Crippen LogP contribution in [0.15, 0.2) is 75.7 Å². The topological polar surface area (TPSA) is 256 Å². The summed E-state index contributed by atoms with van der Waals surface area (Å²) >= 11 is 0. The maximum absolute atomic E-state index is 12.9. The van der Waals surface area contributed by atoms with E-state index in [0.29, 0.717) is 46.5 Å². The summed E-state index contributed by atoms with van der Waals surface area (Å²) in [5.74, 6) is 0.448. The third-order valence-electron chi connectivity index (χ3n) is 11.7. The minimum Gasteiger partial charge on any atom is -0.399 e. The van der Waals surface area contributed by atoms with Gasteiger partial charge in [0.25, 0.3) is 11.1 Å². The van der Waals surface area contributed by atoms with Gasteiger partial charge < -0.3 is 21.7 Å². The second-order valence-electron chi connectivity index (χ2n) is 15.9. The molecule has 1 atom stereocenters. The van der Waals surface area contributed by atoms with E-state index in [0.717, 1.165) is 86.8 Å². The molecule has 17 nitrogen and oxygen atoms in total. The predicted octanol–water partition coefficient (Wildman–Crippen LogP) is 6.08. The summed E-state index contributed by atoms with van der Waals surface area (Å²) in [7, 11) is -1.31. The van der Waals surface area contributed by atoms with Crippen molar-refractivity contribution in [1.29, 1.82) is 10.5 Å². The van der Waals surface area contributed by atoms with Crippen LogP contribution in [0.2, 0.25) is 0 Å². The van der Waals surface area contributed by atoms with Crippen molar-refractivity contribution in [2.45, 2.75) is 94.3 Å². The van der Waals surface area contributed by atoms with Gasteiger partial charge in [-0.05, 0) is 86.1 Å². The normalized spacial score (nSPS) is 16.2. The van der Waals surface area contributed by atoms with Gasteiger partial charge in [0.1, 0.15) is 34.6 Å². The fraction of sp³-hybridized carbons (Fsp3) is 0.333. The summed E-state index contributed by atoms with van der Waals surface area (Å²) in [6, 6.07) is 18.5. The van der Waals surface area contributed by atoms with Crippen molar-refractivity contribution >= 4 is 73.4 Å². The second kappa shape index (κ2) is 18.3. The number of amides is 2. The number of aryl methyl sites for hydroxylation is 2. The molecule has 18 heteroatoms. The number of pyridine rings is 2. The molecule has 4 aliphatic rings. The Labute approximate surface area is 363 Å². The fourth-order valence-electron chi connectivity index (χ4n) is 8.55. The lowest BCUT2D eigenvalue weighted by atomic mass is 10.0. The SMILES string of the molecule is CS(=O)c1ncc2cc(C#N)c(=O)n(C3CCCC3)c2n1.N#Cc1cc2cnc(Nc3ccc4c(c3)NC(=O)CC4)nc2n(C2CCCC2)c1=O.Nc1ccc2c(c1)NC(=O)CC2. The number of aromatic nitrogens is 6. The van der Waals surface area contributed by atoms with Crippen molar-refractivity contribution < 1.29 is 13.8 Å². The molecule has 4 aromatic heterocycles. The Kier molecular flexibility index (Phi) is 12.3. The Morgan fingerprint density at radius 2 is 1.21 bits per heavy atom. The van der Waals surface area contributed by atoms with Crippen molar-refractivity contribution in [1.82, 2.24) is 29.1 Å². The van der Waals surface area contributed by atoms with E-state index in [1.54, 1.807) is 27.5 Å². The third-order valence-corrected chi connectivity index (χ3v) is 12.4. The molecule has 2 amide bonds. The number of anilines is 5. The number of carbonyl (C=O) groups is 2. The van der Waals surface area contributed by atoms with Crippen LogP contribution in [-0.4, -0.2) is 51.3 Å². The van der Waals surface area contributed by atoms with Gasteiger partial charge in [-0.1, -0.05) is 37.8 Å². The van der Waals surface area contributed by atoms with Gasteiger partial charge in [0.05, 0.1) is 10.8 Å². The molecule has 1 unspecified atom stereocenters. The number of nitrogen functional groups attached to an aromatic ring is 1. The number of nitrogens with two attached hydrogens (primary N) is 1. The molecule has 5 N–H and O–H groups in total. The maximum Gasteiger partial charge on any atom is 0.270 e. The molecule has 0 radical (unpaired) electrons. The number of rotatable bonds is 5. The zero-order valence-corrected chi connectivity index (χ0v) is 35.3. The van der Waals surface area contributed by atoms with Crippen molar-refractivity contribution in [3.8, 4) is 12.1 Å². The first kappa shape index (κ1) is 42.4. The van der Waals surface area contributed by atoms with Crippen molar-refractivity contribution in [2.75, 3.05) is 27.9 Å². The summed E-state index contributed by atoms with van der Waals surface area (Å²) in [5.41, 5.74) is 11.6. The highest BCUT2D eigenvalue weighted by atomic mass is 32.2. The molecule has 6 heterocycles. The molecule has 0 bridgehead atoms. The minimum absolute atomic E-state index is 0.00971. The van der Waals surface area contributed by atoms with Crippen molar-refractivity contribution in [2.24, 2.45) is 0 Å². The molecule has 2 aliphatic carbocycles. The molecule has 10 rings (SSSR count). The van der Waals surface area contributed by atoms with E-state index in [2.05, 4.69) is 35.9 Å². The van der Waals surface area contributed by atoms with Crippen LogP contribution in [-0.2, 0) is 33.2 Å². The average Bonchev–Trinajstić information content (AvgIpc) is 4.02. The third kappa shape index (κ3) is 9.17. The quantitative estimate of drug-likeness (QED) is 0.113. The Morgan fingerprint density at radius 1 is 0.698 bits per heavy atom. The van der Waals surface area contributed by atoms with Crippen LogP contribution in [0.1, 0.15) is 98.5 Å². The maximum atomic E-state index is 12.9. The van der Waals surface area contributed by atoms with E-state index in [1.807, 2.05) is 42.5 Å². The lowest BCUT2D eigenvalue weighted by molar-refractivity contribution is -0.117. The monoisotopic (exact) mass is 864 g/mol. The van der Waals surface area contributed by atoms with Crippen LogP contribution >= 0.6 is 0 Å². The largest absolute Gasteiger partial charge is 0.399 e. The Hall–Kier alpha value is -7.31. The summed E-state index contributed by atoms with van der Waals surface area (Å²) in [5, 5.41) is 28.8. The lowest BCUT2D eigenvalue weighted by Gasteiger charge is -2.18. The predicted molar refractivity (Wildman–Crippen MR) is 239 cm³/mol. The second-order valence-corrected chi connectivity index (χ2v) is 17.2. The summed E-state index contributed by atoms with van der Waals surface area (Å²) in [6.45, 7) is 0.